The summed E-state index contributed by atoms with van der Waals surface area (Å²) in [5.41, 5.74) is 4.49. The van der Waals surface area contributed by atoms with Gasteiger partial charge >= 0.3 is 0 Å². The molecule has 1 unspecified atom stereocenters. The number of aromatic nitrogens is 3. The third-order valence-corrected chi connectivity index (χ3v) is 7.51. The third kappa shape index (κ3) is 4.63. The number of piperidine rings is 1. The Morgan fingerprint density at radius 1 is 1.18 bits per heavy atom. The molecule has 1 amide bonds. The molecular formula is C25H31ClN6OS. The first-order valence-corrected chi connectivity index (χ1v) is 13.6. The molecule has 5 rings (SSSR count). The van der Waals surface area contributed by atoms with E-state index in [1.54, 1.807) is 6.07 Å². The first kappa shape index (κ1) is 23.5. The summed E-state index contributed by atoms with van der Waals surface area (Å²) in [7, 11) is 0. The van der Waals surface area contributed by atoms with Crippen molar-refractivity contribution in [2.45, 2.75) is 51.6 Å². The molecule has 0 bridgehead atoms. The van der Waals surface area contributed by atoms with E-state index in [0.29, 0.717) is 23.7 Å². The van der Waals surface area contributed by atoms with Crippen molar-refractivity contribution in [3.8, 4) is 0 Å². The van der Waals surface area contributed by atoms with Crippen LogP contribution >= 0.6 is 23.5 Å². The zero-order chi connectivity index (χ0) is 23.7. The Bertz CT molecular complexity index is 1190. The maximum atomic E-state index is 13.8. The number of fused-ring (bicyclic) bond motifs is 1. The van der Waals surface area contributed by atoms with Gasteiger partial charge in [0.15, 0.2) is 5.65 Å². The molecule has 2 aliphatic heterocycles. The van der Waals surface area contributed by atoms with Crippen molar-refractivity contribution in [1.82, 2.24) is 24.2 Å². The second-order valence-electron chi connectivity index (χ2n) is 9.15. The topological polar surface area (TPSA) is 65.8 Å². The fourth-order valence-electron chi connectivity index (χ4n) is 5.12. The average Bonchev–Trinajstić information content (AvgIpc) is 3.52. The summed E-state index contributed by atoms with van der Waals surface area (Å²) in [6.07, 6.45) is 9.44. The lowest BCUT2D eigenvalue weighted by Crippen LogP contribution is -2.39. The van der Waals surface area contributed by atoms with Gasteiger partial charge in [0.2, 0.25) is 0 Å². The smallest absolute Gasteiger partial charge is 0.254 e. The third-order valence-electron chi connectivity index (χ3n) is 6.84. The van der Waals surface area contributed by atoms with Crippen LogP contribution in [-0.2, 0) is 6.54 Å². The standard InChI is InChI=1S/C25H31ClN6OS/c1-17-16-32-23(28-24(17)30-10-5-6-11-30)14-21(29-32)22-7-3-4-12-31(22)25(33)20-13-19(26)9-8-18(20)15-27-34-2/h8-9,13-14,16,22,27H,3-7,10-12,15H2,1-2H3. The van der Waals surface area contributed by atoms with Crippen molar-refractivity contribution in [1.29, 1.82) is 0 Å². The molecule has 1 N–H and O–H groups in total. The molecule has 0 radical (unpaired) electrons. The van der Waals surface area contributed by atoms with E-state index in [2.05, 4.69) is 28.8 Å². The van der Waals surface area contributed by atoms with Crippen LogP contribution in [0.3, 0.4) is 0 Å². The van der Waals surface area contributed by atoms with E-state index in [0.717, 1.165) is 60.6 Å². The van der Waals surface area contributed by atoms with Crippen molar-refractivity contribution < 1.29 is 4.79 Å². The van der Waals surface area contributed by atoms with Gasteiger partial charge in [0.1, 0.15) is 5.82 Å². The number of carbonyl (C=O) groups excluding carboxylic acids is 1. The second kappa shape index (κ2) is 10.1. The minimum atomic E-state index is -0.0705. The largest absolute Gasteiger partial charge is 0.356 e. The highest BCUT2D eigenvalue weighted by molar-refractivity contribution is 7.96. The Balaban J connectivity index is 1.47. The quantitative estimate of drug-likeness (QED) is 0.481. The van der Waals surface area contributed by atoms with Crippen molar-refractivity contribution in [3.05, 3.63) is 57.9 Å². The van der Waals surface area contributed by atoms with Crippen molar-refractivity contribution >= 4 is 40.9 Å². The highest BCUT2D eigenvalue weighted by atomic mass is 35.5. The van der Waals surface area contributed by atoms with Crippen molar-refractivity contribution in [3.63, 3.8) is 0 Å². The van der Waals surface area contributed by atoms with E-state index < -0.39 is 0 Å². The number of rotatable bonds is 6. The second-order valence-corrected chi connectivity index (χ2v) is 10.3. The Morgan fingerprint density at radius 2 is 1.97 bits per heavy atom. The molecule has 0 aliphatic carbocycles. The van der Waals surface area contributed by atoms with E-state index in [1.165, 1.54) is 24.8 Å². The minimum Gasteiger partial charge on any atom is -0.356 e. The molecule has 34 heavy (non-hydrogen) atoms. The zero-order valence-electron chi connectivity index (χ0n) is 19.8. The van der Waals surface area contributed by atoms with Crippen LogP contribution in [0, 0.1) is 6.92 Å². The van der Waals surface area contributed by atoms with Crippen LogP contribution in [0.25, 0.3) is 5.65 Å². The maximum absolute atomic E-state index is 13.8. The number of nitrogens with one attached hydrogen (secondary N) is 1. The molecule has 7 nitrogen and oxygen atoms in total. The van der Waals surface area contributed by atoms with Crippen molar-refractivity contribution in [2.75, 3.05) is 30.8 Å². The molecule has 3 aromatic rings. The molecular weight excluding hydrogens is 468 g/mol. The molecule has 0 saturated carbocycles. The lowest BCUT2D eigenvalue weighted by molar-refractivity contribution is 0.0604. The van der Waals surface area contributed by atoms with E-state index >= 15 is 0 Å². The van der Waals surface area contributed by atoms with Gasteiger partial charge in [-0.05, 0) is 63.0 Å². The van der Waals surface area contributed by atoms with Crippen molar-refractivity contribution in [2.24, 2.45) is 0 Å². The summed E-state index contributed by atoms with van der Waals surface area (Å²) >= 11 is 7.84. The normalized spacial score (nSPS) is 18.7. The predicted molar refractivity (Wildman–Crippen MR) is 139 cm³/mol. The first-order chi connectivity index (χ1) is 16.5. The van der Waals surface area contributed by atoms with Gasteiger partial charge in [0.05, 0.1) is 11.7 Å². The van der Waals surface area contributed by atoms with Gasteiger partial charge in [-0.1, -0.05) is 29.6 Å². The fourth-order valence-corrected chi connectivity index (χ4v) is 5.59. The van der Waals surface area contributed by atoms with Gasteiger partial charge in [-0.25, -0.2) is 9.50 Å². The van der Waals surface area contributed by atoms with E-state index in [4.69, 9.17) is 21.7 Å². The molecule has 4 heterocycles. The lowest BCUT2D eigenvalue weighted by atomic mass is 9.97. The number of hydrogen-bond acceptors (Lipinski definition) is 6. The highest BCUT2D eigenvalue weighted by Gasteiger charge is 2.32. The summed E-state index contributed by atoms with van der Waals surface area (Å²) in [5.74, 6) is 1.07. The number of hydrogen-bond donors (Lipinski definition) is 1. The van der Waals surface area contributed by atoms with Gasteiger partial charge in [0, 0.05) is 54.6 Å². The monoisotopic (exact) mass is 498 g/mol. The molecule has 2 saturated heterocycles. The minimum absolute atomic E-state index is 0.0176. The molecule has 2 fully saturated rings. The van der Waals surface area contributed by atoms with Crippen LogP contribution in [-0.4, -0.2) is 51.3 Å². The van der Waals surface area contributed by atoms with Gasteiger partial charge < -0.3 is 9.80 Å². The van der Waals surface area contributed by atoms with E-state index in [-0.39, 0.29) is 11.9 Å². The molecule has 1 atom stereocenters. The number of aryl methyl sites for hydroxylation is 1. The molecule has 0 spiro atoms. The van der Waals surface area contributed by atoms with Crippen LogP contribution in [0.2, 0.25) is 5.02 Å². The number of amides is 1. The van der Waals surface area contributed by atoms with Gasteiger partial charge in [0.25, 0.3) is 5.91 Å². The molecule has 2 aromatic heterocycles. The Hall–Kier alpha value is -2.29. The fraction of sp³-hybridized carbons (Fsp3) is 0.480. The number of anilines is 1. The number of benzene rings is 1. The van der Waals surface area contributed by atoms with Gasteiger partial charge in [-0.2, -0.15) is 5.10 Å². The molecule has 9 heteroatoms. The molecule has 2 aliphatic rings. The van der Waals surface area contributed by atoms with Crippen LogP contribution in [0.5, 0.6) is 0 Å². The molecule has 180 valence electrons. The summed E-state index contributed by atoms with van der Waals surface area (Å²) in [6, 6.07) is 7.57. The van der Waals surface area contributed by atoms with Gasteiger partial charge in [-0.3, -0.25) is 9.52 Å². The van der Waals surface area contributed by atoms with Crippen LogP contribution < -0.4 is 9.62 Å². The first-order valence-electron chi connectivity index (χ1n) is 12.0. The summed E-state index contributed by atoms with van der Waals surface area (Å²) < 4.78 is 5.12. The predicted octanol–water partition coefficient (Wildman–Crippen LogP) is 5.03. The van der Waals surface area contributed by atoms with Crippen LogP contribution in [0.1, 0.15) is 65.3 Å². The maximum Gasteiger partial charge on any atom is 0.254 e. The van der Waals surface area contributed by atoms with Gasteiger partial charge in [-0.15, -0.1) is 0 Å². The highest BCUT2D eigenvalue weighted by Crippen LogP contribution is 2.33. The van der Waals surface area contributed by atoms with Crippen LogP contribution in [0.4, 0.5) is 5.82 Å². The SMILES string of the molecule is CSNCc1ccc(Cl)cc1C(=O)N1CCCCC1c1cc2nc(N3CCCC3)c(C)cn2n1. The van der Waals surface area contributed by atoms with Crippen LogP contribution in [0.15, 0.2) is 30.5 Å². The average molecular weight is 499 g/mol. The number of likely N-dealkylation sites (tertiary alicyclic amines) is 1. The summed E-state index contributed by atoms with van der Waals surface area (Å²) in [5, 5.41) is 5.46. The number of nitrogens with zero attached hydrogens (tertiary/aromatic N) is 5. The zero-order valence-corrected chi connectivity index (χ0v) is 21.3. The number of halogens is 1. The Labute approximate surface area is 210 Å². The van der Waals surface area contributed by atoms with E-state index in [9.17, 15) is 4.79 Å². The Morgan fingerprint density at radius 3 is 2.76 bits per heavy atom. The lowest BCUT2D eigenvalue weighted by Gasteiger charge is -2.35. The summed E-state index contributed by atoms with van der Waals surface area (Å²) in [4.78, 5) is 23.1. The number of carbonyl (C=O) groups is 1. The van der Waals surface area contributed by atoms with E-state index in [1.807, 2.05) is 27.8 Å². The summed E-state index contributed by atoms with van der Waals surface area (Å²) in [6.45, 7) is 5.53. The molecule has 1 aromatic carbocycles. The Kier molecular flexibility index (Phi) is 6.99.